The quantitative estimate of drug-likeness (QED) is 0.685. The van der Waals surface area contributed by atoms with Crippen LogP contribution in [0.1, 0.15) is 31.1 Å². The Balaban J connectivity index is 2.36. The molecule has 2 heterocycles. The molecule has 0 saturated carbocycles. The molecule has 0 radical (unpaired) electrons. The van der Waals surface area contributed by atoms with Crippen LogP contribution < -0.4 is 16.6 Å². The van der Waals surface area contributed by atoms with Crippen LogP contribution in [-0.2, 0) is 0 Å². The molecule has 122 valence electrons. The molecule has 0 unspecified atom stereocenters. The van der Waals surface area contributed by atoms with Gasteiger partial charge in [0.25, 0.3) is 17.4 Å². The molecule has 1 aliphatic heterocycles. The second kappa shape index (κ2) is 5.36. The predicted molar refractivity (Wildman–Crippen MR) is 85.2 cm³/mol. The maximum absolute atomic E-state index is 12.3. The number of anilines is 1. The van der Waals surface area contributed by atoms with E-state index >= 15 is 0 Å². The Bertz CT molecular complexity index is 989. The second-order valence-electron chi connectivity index (χ2n) is 4.87. The van der Waals surface area contributed by atoms with Crippen molar-refractivity contribution in [1.29, 1.82) is 0 Å². The lowest BCUT2D eigenvalue weighted by Gasteiger charge is -2.15. The van der Waals surface area contributed by atoms with Crippen molar-refractivity contribution in [2.24, 2.45) is 0 Å². The molecule has 2 amide bonds. The van der Waals surface area contributed by atoms with Crippen LogP contribution in [0.5, 0.6) is 0 Å². The van der Waals surface area contributed by atoms with Crippen molar-refractivity contribution >= 4 is 46.8 Å². The smallest absolute Gasteiger partial charge is 0.335 e. The Morgan fingerprint density at radius 2 is 1.67 bits per heavy atom. The highest BCUT2D eigenvalue weighted by atomic mass is 35.5. The molecule has 1 aromatic heterocycles. The van der Waals surface area contributed by atoms with Crippen LogP contribution >= 0.6 is 23.2 Å². The fourth-order valence-corrected chi connectivity index (χ4v) is 3.07. The highest BCUT2D eigenvalue weighted by Gasteiger charge is 2.32. The molecular formula is C14H7Cl2N3O5. The number of nitrogen functional groups attached to an aromatic ring is 1. The third-order valence-corrected chi connectivity index (χ3v) is 4.02. The number of carbonyl (C=O) groups is 3. The summed E-state index contributed by atoms with van der Waals surface area (Å²) in [6, 6.07) is 3.12. The van der Waals surface area contributed by atoms with Crippen molar-refractivity contribution in [1.82, 2.24) is 9.88 Å². The number of aromatic carboxylic acids is 1. The number of nitrogens with zero attached hydrogens (tertiary/aromatic N) is 1. The van der Waals surface area contributed by atoms with Crippen LogP contribution in [0.4, 0.5) is 5.82 Å². The van der Waals surface area contributed by atoms with Gasteiger partial charge >= 0.3 is 5.97 Å². The van der Waals surface area contributed by atoms with Gasteiger partial charge < -0.3 is 10.8 Å². The Hall–Kier alpha value is -2.84. The topological polar surface area (TPSA) is 131 Å². The first-order valence-electron chi connectivity index (χ1n) is 6.36. The summed E-state index contributed by atoms with van der Waals surface area (Å²) in [7, 11) is 0. The highest BCUT2D eigenvalue weighted by Crippen LogP contribution is 2.32. The van der Waals surface area contributed by atoms with Crippen LogP contribution in [0.25, 0.3) is 5.69 Å². The summed E-state index contributed by atoms with van der Waals surface area (Å²) < 4.78 is 0.854. The molecule has 2 aromatic rings. The Labute approximate surface area is 143 Å². The molecule has 0 spiro atoms. The van der Waals surface area contributed by atoms with Crippen LogP contribution in [0, 0.1) is 0 Å². The third kappa shape index (κ3) is 2.24. The van der Waals surface area contributed by atoms with Gasteiger partial charge in [-0.1, -0.05) is 23.2 Å². The molecule has 1 aliphatic rings. The summed E-state index contributed by atoms with van der Waals surface area (Å²) in [5, 5.41) is 10.7. The van der Waals surface area contributed by atoms with Gasteiger partial charge in [-0.15, -0.1) is 0 Å². The van der Waals surface area contributed by atoms with Gasteiger partial charge in [-0.2, -0.15) is 0 Å². The summed E-state index contributed by atoms with van der Waals surface area (Å²) in [5.41, 5.74) is 4.54. The minimum absolute atomic E-state index is 0.0826. The molecule has 0 bridgehead atoms. The zero-order valence-corrected chi connectivity index (χ0v) is 13.1. The van der Waals surface area contributed by atoms with Crippen LogP contribution in [0.2, 0.25) is 10.0 Å². The van der Waals surface area contributed by atoms with Gasteiger partial charge in [0.05, 0.1) is 32.4 Å². The van der Waals surface area contributed by atoms with Gasteiger partial charge in [0.15, 0.2) is 0 Å². The van der Waals surface area contributed by atoms with Crippen molar-refractivity contribution in [3.8, 4) is 5.69 Å². The summed E-state index contributed by atoms with van der Waals surface area (Å²) in [6.07, 6.45) is 0. The van der Waals surface area contributed by atoms with E-state index in [-0.39, 0.29) is 38.2 Å². The van der Waals surface area contributed by atoms with E-state index in [4.69, 9.17) is 34.0 Å². The number of carboxylic acids is 1. The molecule has 1 aromatic carbocycles. The van der Waals surface area contributed by atoms with Crippen molar-refractivity contribution in [3.63, 3.8) is 0 Å². The van der Waals surface area contributed by atoms with Gasteiger partial charge in [-0.3, -0.25) is 24.3 Å². The first kappa shape index (κ1) is 16.0. The summed E-state index contributed by atoms with van der Waals surface area (Å²) >= 11 is 12.1. The second-order valence-corrected chi connectivity index (χ2v) is 5.68. The lowest BCUT2D eigenvalue weighted by Crippen LogP contribution is -2.24. The highest BCUT2D eigenvalue weighted by molar-refractivity contribution is 6.38. The van der Waals surface area contributed by atoms with E-state index < -0.39 is 23.3 Å². The van der Waals surface area contributed by atoms with E-state index in [9.17, 15) is 19.2 Å². The zero-order valence-electron chi connectivity index (χ0n) is 11.6. The van der Waals surface area contributed by atoms with Gasteiger partial charge in [0.2, 0.25) is 0 Å². The molecule has 0 saturated heterocycles. The van der Waals surface area contributed by atoms with E-state index in [1.165, 1.54) is 0 Å². The largest absolute Gasteiger partial charge is 0.478 e. The third-order valence-electron chi connectivity index (χ3n) is 3.44. The van der Waals surface area contributed by atoms with Crippen molar-refractivity contribution in [2.75, 3.05) is 5.73 Å². The zero-order chi connectivity index (χ0) is 17.8. The lowest BCUT2D eigenvalue weighted by molar-refractivity contribution is 0.0696. The van der Waals surface area contributed by atoms with Crippen molar-refractivity contribution < 1.29 is 19.5 Å². The van der Waals surface area contributed by atoms with E-state index in [0.29, 0.717) is 0 Å². The van der Waals surface area contributed by atoms with Crippen LogP contribution in [0.3, 0.4) is 0 Å². The number of benzene rings is 1. The number of rotatable bonds is 2. The summed E-state index contributed by atoms with van der Waals surface area (Å²) in [6.45, 7) is 0. The average Bonchev–Trinajstić information content (AvgIpc) is 2.75. The number of nitrogens with two attached hydrogens (primary N) is 1. The van der Waals surface area contributed by atoms with Crippen LogP contribution in [0.15, 0.2) is 23.0 Å². The van der Waals surface area contributed by atoms with Gasteiger partial charge in [0.1, 0.15) is 5.82 Å². The number of imide groups is 1. The van der Waals surface area contributed by atoms with Crippen LogP contribution in [-0.4, -0.2) is 27.5 Å². The normalized spacial score (nSPS) is 12.9. The molecule has 10 heteroatoms. The SMILES string of the molecule is Nc1c2c(cc(=O)n1-c1c(Cl)cc(C(=O)O)cc1Cl)C(=O)NC2=O. The number of aromatic nitrogens is 1. The molecule has 0 aliphatic carbocycles. The molecule has 3 rings (SSSR count). The first-order valence-corrected chi connectivity index (χ1v) is 7.12. The number of carboxylic acid groups (broad SMARTS) is 1. The number of carbonyl (C=O) groups excluding carboxylic acids is 2. The Morgan fingerprint density at radius 3 is 2.21 bits per heavy atom. The van der Waals surface area contributed by atoms with Gasteiger partial charge in [0, 0.05) is 6.07 Å². The number of nitrogens with one attached hydrogen (secondary N) is 1. The van der Waals surface area contributed by atoms with E-state index in [1.54, 1.807) is 0 Å². The number of pyridine rings is 1. The Kier molecular flexibility index (Phi) is 3.58. The molecule has 8 nitrogen and oxygen atoms in total. The number of fused-ring (bicyclic) bond motifs is 1. The molecule has 0 fully saturated rings. The minimum atomic E-state index is -1.26. The van der Waals surface area contributed by atoms with Crippen molar-refractivity contribution in [3.05, 3.63) is 55.3 Å². The van der Waals surface area contributed by atoms with Gasteiger partial charge in [-0.25, -0.2) is 4.79 Å². The fraction of sp³-hybridized carbons (Fsp3) is 0. The maximum atomic E-state index is 12.3. The number of halogens is 2. The summed E-state index contributed by atoms with van der Waals surface area (Å²) in [5.74, 6) is -3.07. The summed E-state index contributed by atoms with van der Waals surface area (Å²) in [4.78, 5) is 46.8. The molecule has 4 N–H and O–H groups in total. The maximum Gasteiger partial charge on any atom is 0.335 e. The van der Waals surface area contributed by atoms with E-state index in [0.717, 1.165) is 22.8 Å². The molecular weight excluding hydrogens is 361 g/mol. The number of hydrogen-bond donors (Lipinski definition) is 3. The predicted octanol–water partition coefficient (Wildman–Crippen LogP) is 1.31. The number of amides is 2. The minimum Gasteiger partial charge on any atom is -0.478 e. The number of hydrogen-bond acceptors (Lipinski definition) is 5. The lowest BCUT2D eigenvalue weighted by atomic mass is 10.1. The van der Waals surface area contributed by atoms with Crippen molar-refractivity contribution in [2.45, 2.75) is 0 Å². The van der Waals surface area contributed by atoms with E-state index in [1.807, 2.05) is 5.32 Å². The monoisotopic (exact) mass is 367 g/mol. The standard InChI is InChI=1S/C14H7Cl2N3O5/c15-6-1-4(14(23)24)2-7(16)10(6)19-8(20)3-5-9(11(19)17)13(22)18-12(5)21/h1-3H,17H2,(H,23,24)(H,18,21,22). The van der Waals surface area contributed by atoms with E-state index in [2.05, 4.69) is 0 Å². The molecule has 0 atom stereocenters. The van der Waals surface area contributed by atoms with Gasteiger partial charge in [-0.05, 0) is 12.1 Å². The average molecular weight is 368 g/mol. The molecule has 24 heavy (non-hydrogen) atoms. The first-order chi connectivity index (χ1) is 11.2. The Morgan fingerprint density at radius 1 is 1.08 bits per heavy atom. The fourth-order valence-electron chi connectivity index (χ4n) is 2.41.